The van der Waals surface area contributed by atoms with Gasteiger partial charge in [0.15, 0.2) is 0 Å². The molecule has 0 saturated heterocycles. The second-order valence-electron chi connectivity index (χ2n) is 3.34. The van der Waals surface area contributed by atoms with Crippen LogP contribution in [0.4, 0.5) is 0 Å². The van der Waals surface area contributed by atoms with Crippen molar-refractivity contribution in [1.82, 2.24) is 0 Å². The van der Waals surface area contributed by atoms with E-state index in [0.29, 0.717) is 13.0 Å². The van der Waals surface area contributed by atoms with E-state index in [2.05, 4.69) is 0 Å². The van der Waals surface area contributed by atoms with E-state index in [4.69, 9.17) is 10.2 Å². The molecule has 0 spiro atoms. The van der Waals surface area contributed by atoms with E-state index in [0.717, 1.165) is 38.5 Å². The first-order chi connectivity index (χ1) is 6.27. The minimum atomic E-state index is -0.694. The van der Waals surface area contributed by atoms with Gasteiger partial charge >= 0.3 is 35.5 Å². The Hall–Kier alpha value is 0.430. The normalized spacial score (nSPS) is 9.50. The molecule has 0 unspecified atom stereocenters. The summed E-state index contributed by atoms with van der Waals surface area (Å²) in [7, 11) is 0. The molecule has 80 valence electrons. The number of carboxylic acids is 1. The van der Waals surface area contributed by atoms with Crippen LogP contribution < -0.4 is 0 Å². The summed E-state index contributed by atoms with van der Waals surface area (Å²) in [5.74, 6) is -0.694. The van der Waals surface area contributed by atoms with Crippen molar-refractivity contribution < 1.29 is 15.0 Å². The van der Waals surface area contributed by atoms with Crippen LogP contribution >= 0.6 is 0 Å². The fourth-order valence-electron chi connectivity index (χ4n) is 1.27. The zero-order chi connectivity index (χ0) is 9.94. The predicted octanol–water partition coefficient (Wildman–Crippen LogP) is 1.54. The SMILES string of the molecule is O=C(O)CCCCCCCCCO.[NaH]. The molecule has 4 heteroatoms. The molecule has 0 aliphatic heterocycles. The molecule has 0 radical (unpaired) electrons. The molecule has 0 aromatic heterocycles. The van der Waals surface area contributed by atoms with Gasteiger partial charge in [-0.2, -0.15) is 0 Å². The molecule has 0 aromatic rings. The van der Waals surface area contributed by atoms with Gasteiger partial charge in [0, 0.05) is 13.0 Å². The maximum atomic E-state index is 10.1. The van der Waals surface area contributed by atoms with Gasteiger partial charge in [-0.3, -0.25) is 4.79 Å². The quantitative estimate of drug-likeness (QED) is 0.450. The molecule has 2 N–H and O–H groups in total. The first-order valence-corrected chi connectivity index (χ1v) is 5.10. The minimum absolute atomic E-state index is 0. The number of hydrogen-bond acceptors (Lipinski definition) is 2. The number of carbonyl (C=O) groups is 1. The van der Waals surface area contributed by atoms with Gasteiger partial charge in [0.2, 0.25) is 0 Å². The zero-order valence-electron chi connectivity index (χ0n) is 8.17. The van der Waals surface area contributed by atoms with Crippen molar-refractivity contribution in [3.05, 3.63) is 0 Å². The number of carboxylic acid groups (broad SMARTS) is 1. The summed E-state index contributed by atoms with van der Waals surface area (Å²) < 4.78 is 0. The molecular formula is C10H21NaO3. The van der Waals surface area contributed by atoms with Gasteiger partial charge in [-0.25, -0.2) is 0 Å². The Labute approximate surface area is 108 Å². The first-order valence-electron chi connectivity index (χ1n) is 5.10. The summed E-state index contributed by atoms with van der Waals surface area (Å²) in [6.07, 6.45) is 7.56. The third kappa shape index (κ3) is 14.9. The molecule has 14 heavy (non-hydrogen) atoms. The van der Waals surface area contributed by atoms with Crippen LogP contribution in [-0.2, 0) is 4.79 Å². The van der Waals surface area contributed by atoms with Gasteiger partial charge in [0.25, 0.3) is 0 Å². The topological polar surface area (TPSA) is 57.5 Å². The summed E-state index contributed by atoms with van der Waals surface area (Å²) in [6.45, 7) is 0.291. The Balaban J connectivity index is 0. The van der Waals surface area contributed by atoms with Crippen LogP contribution in [0.1, 0.15) is 51.4 Å². The van der Waals surface area contributed by atoms with Crippen LogP contribution in [0, 0.1) is 0 Å². The molecule has 0 atom stereocenters. The summed E-state index contributed by atoms with van der Waals surface area (Å²) in [5.41, 5.74) is 0. The molecule has 0 rings (SSSR count). The van der Waals surface area contributed by atoms with Gasteiger partial charge in [-0.05, 0) is 12.8 Å². The van der Waals surface area contributed by atoms with Crippen molar-refractivity contribution in [2.75, 3.05) is 6.61 Å². The molecule has 0 amide bonds. The standard InChI is InChI=1S/C10H20O3.Na.H/c11-9-7-5-3-1-2-4-6-8-10(12)13;;/h11H,1-9H2,(H,12,13);;. The van der Waals surface area contributed by atoms with Crippen molar-refractivity contribution >= 4 is 35.5 Å². The fraction of sp³-hybridized carbons (Fsp3) is 0.900. The molecule has 3 nitrogen and oxygen atoms in total. The number of rotatable bonds is 9. The molecule has 0 saturated carbocycles. The third-order valence-corrected chi connectivity index (χ3v) is 2.05. The van der Waals surface area contributed by atoms with E-state index in [9.17, 15) is 4.79 Å². The van der Waals surface area contributed by atoms with Crippen molar-refractivity contribution in [2.24, 2.45) is 0 Å². The van der Waals surface area contributed by atoms with Crippen molar-refractivity contribution in [2.45, 2.75) is 51.4 Å². The van der Waals surface area contributed by atoms with Crippen LogP contribution in [0.15, 0.2) is 0 Å². The Kier molecular flexibility index (Phi) is 16.2. The van der Waals surface area contributed by atoms with Gasteiger partial charge in [-0.15, -0.1) is 0 Å². The molecule has 0 aliphatic carbocycles. The second kappa shape index (κ2) is 13.4. The predicted molar refractivity (Wildman–Crippen MR) is 58.8 cm³/mol. The van der Waals surface area contributed by atoms with Crippen LogP contribution in [0.2, 0.25) is 0 Å². The van der Waals surface area contributed by atoms with Crippen LogP contribution in [-0.4, -0.2) is 52.3 Å². The van der Waals surface area contributed by atoms with Crippen LogP contribution in [0.25, 0.3) is 0 Å². The molecule has 0 aromatic carbocycles. The van der Waals surface area contributed by atoms with E-state index in [1.807, 2.05) is 0 Å². The number of unbranched alkanes of at least 4 members (excludes halogenated alkanes) is 6. The van der Waals surface area contributed by atoms with Gasteiger partial charge in [0.1, 0.15) is 0 Å². The molecule has 0 fully saturated rings. The number of aliphatic hydroxyl groups excluding tert-OH is 1. The average molecular weight is 212 g/mol. The Morgan fingerprint density at radius 1 is 0.857 bits per heavy atom. The van der Waals surface area contributed by atoms with E-state index in [1.165, 1.54) is 6.42 Å². The molecule has 0 aliphatic rings. The number of aliphatic hydroxyl groups is 1. The fourth-order valence-corrected chi connectivity index (χ4v) is 1.27. The molecular weight excluding hydrogens is 191 g/mol. The Bertz CT molecular complexity index is 129. The van der Waals surface area contributed by atoms with E-state index in [-0.39, 0.29) is 29.6 Å². The number of aliphatic carboxylic acids is 1. The summed E-state index contributed by atoms with van der Waals surface area (Å²) >= 11 is 0. The number of hydrogen-bond donors (Lipinski definition) is 2. The molecule has 0 heterocycles. The summed E-state index contributed by atoms with van der Waals surface area (Å²) in [4.78, 5) is 10.1. The first kappa shape index (κ1) is 16.8. The average Bonchev–Trinajstić information content (AvgIpc) is 2.09. The van der Waals surface area contributed by atoms with Crippen molar-refractivity contribution in [1.29, 1.82) is 0 Å². The Morgan fingerprint density at radius 2 is 1.29 bits per heavy atom. The summed E-state index contributed by atoms with van der Waals surface area (Å²) in [5, 5.41) is 16.9. The zero-order valence-corrected chi connectivity index (χ0v) is 8.17. The van der Waals surface area contributed by atoms with E-state index >= 15 is 0 Å². The van der Waals surface area contributed by atoms with Gasteiger partial charge in [0.05, 0.1) is 0 Å². The van der Waals surface area contributed by atoms with Gasteiger partial charge < -0.3 is 10.2 Å². The maximum absolute atomic E-state index is 10.1. The summed E-state index contributed by atoms with van der Waals surface area (Å²) in [6, 6.07) is 0. The van der Waals surface area contributed by atoms with Crippen molar-refractivity contribution in [3.63, 3.8) is 0 Å². The van der Waals surface area contributed by atoms with Gasteiger partial charge in [-0.1, -0.05) is 32.1 Å². The van der Waals surface area contributed by atoms with Crippen LogP contribution in [0.3, 0.4) is 0 Å². The molecule has 0 bridgehead atoms. The third-order valence-electron chi connectivity index (χ3n) is 2.05. The van der Waals surface area contributed by atoms with E-state index < -0.39 is 5.97 Å². The monoisotopic (exact) mass is 212 g/mol. The van der Waals surface area contributed by atoms with Crippen LogP contribution in [0.5, 0.6) is 0 Å². The van der Waals surface area contributed by atoms with E-state index in [1.54, 1.807) is 0 Å². The van der Waals surface area contributed by atoms with Crippen molar-refractivity contribution in [3.8, 4) is 0 Å². The Morgan fingerprint density at radius 3 is 1.71 bits per heavy atom. The second-order valence-corrected chi connectivity index (χ2v) is 3.34.